The van der Waals surface area contributed by atoms with E-state index in [1.807, 2.05) is 12.4 Å². The highest BCUT2D eigenvalue weighted by Crippen LogP contribution is 2.16. The molecule has 2 unspecified atom stereocenters. The van der Waals surface area contributed by atoms with Crippen molar-refractivity contribution in [2.45, 2.75) is 25.6 Å². The van der Waals surface area contributed by atoms with E-state index < -0.39 is 0 Å². The van der Waals surface area contributed by atoms with Crippen LogP contribution in [0.1, 0.15) is 12.5 Å². The van der Waals surface area contributed by atoms with E-state index in [0.717, 1.165) is 25.0 Å². The summed E-state index contributed by atoms with van der Waals surface area (Å²) in [5.41, 5.74) is 1.32. The van der Waals surface area contributed by atoms with Gasteiger partial charge in [-0.05, 0) is 24.6 Å². The summed E-state index contributed by atoms with van der Waals surface area (Å²) in [6, 6.07) is 4.64. The maximum atomic E-state index is 5.71. The smallest absolute Gasteiger partial charge is 0.0799 e. The lowest BCUT2D eigenvalue weighted by Gasteiger charge is -2.37. The van der Waals surface area contributed by atoms with E-state index in [4.69, 9.17) is 4.74 Å². The molecule has 0 aliphatic carbocycles. The van der Waals surface area contributed by atoms with Crippen LogP contribution in [0.25, 0.3) is 0 Å². The number of hydrogen-bond acceptors (Lipinski definition) is 3. The predicted molar refractivity (Wildman–Crippen MR) is 67.6 cm³/mol. The molecule has 0 aromatic carbocycles. The number of rotatable bonds is 3. The van der Waals surface area contributed by atoms with Gasteiger partial charge in [-0.3, -0.25) is 9.88 Å². The van der Waals surface area contributed by atoms with Crippen LogP contribution in [-0.2, 0) is 11.3 Å². The quantitative estimate of drug-likeness (QED) is 0.795. The summed E-state index contributed by atoms with van der Waals surface area (Å²) in [4.78, 5) is 6.50. The molecule has 0 N–H and O–H groups in total. The second-order valence-electron chi connectivity index (χ2n) is 4.24. The summed E-state index contributed by atoms with van der Waals surface area (Å²) in [7, 11) is 0. The number of morpholine rings is 1. The highest BCUT2D eigenvalue weighted by molar-refractivity contribution is 9.09. The van der Waals surface area contributed by atoms with Crippen molar-refractivity contribution in [1.82, 2.24) is 9.88 Å². The third kappa shape index (κ3) is 3.03. The number of nitrogens with zero attached hydrogens (tertiary/aromatic N) is 2. The zero-order valence-corrected chi connectivity index (χ0v) is 11.1. The lowest BCUT2D eigenvalue weighted by molar-refractivity contribution is -0.0499. The Balaban J connectivity index is 1.97. The van der Waals surface area contributed by atoms with Gasteiger partial charge in [-0.1, -0.05) is 15.9 Å². The monoisotopic (exact) mass is 284 g/mol. The Kier molecular flexibility index (Phi) is 4.32. The molecular formula is C12H17BrN2O. The van der Waals surface area contributed by atoms with E-state index in [1.54, 1.807) is 0 Å². The highest BCUT2D eigenvalue weighted by atomic mass is 79.9. The lowest BCUT2D eigenvalue weighted by atomic mass is 10.1. The normalized spacial score (nSPS) is 26.9. The lowest BCUT2D eigenvalue weighted by Crippen LogP contribution is -2.48. The van der Waals surface area contributed by atoms with Crippen molar-refractivity contribution >= 4 is 15.9 Å². The van der Waals surface area contributed by atoms with Crippen LogP contribution < -0.4 is 0 Å². The molecule has 1 fully saturated rings. The van der Waals surface area contributed by atoms with E-state index in [1.165, 1.54) is 5.56 Å². The van der Waals surface area contributed by atoms with Gasteiger partial charge in [-0.15, -0.1) is 0 Å². The zero-order chi connectivity index (χ0) is 11.4. The summed E-state index contributed by atoms with van der Waals surface area (Å²) in [6.07, 6.45) is 4.02. The van der Waals surface area contributed by atoms with Gasteiger partial charge in [0.25, 0.3) is 0 Å². The molecule has 1 aromatic rings. The van der Waals surface area contributed by atoms with E-state index in [2.05, 4.69) is 44.9 Å². The van der Waals surface area contributed by atoms with Crippen LogP contribution in [0.3, 0.4) is 0 Å². The average Bonchev–Trinajstić information content (AvgIpc) is 2.33. The number of pyridine rings is 1. The Morgan fingerprint density at radius 2 is 2.25 bits per heavy atom. The molecule has 4 heteroatoms. The van der Waals surface area contributed by atoms with Gasteiger partial charge in [0.1, 0.15) is 0 Å². The first-order valence-corrected chi connectivity index (χ1v) is 6.72. The molecule has 0 saturated carbocycles. The van der Waals surface area contributed by atoms with Gasteiger partial charge in [0.15, 0.2) is 0 Å². The molecule has 16 heavy (non-hydrogen) atoms. The molecule has 0 spiro atoms. The Hall–Kier alpha value is -0.450. The third-order valence-corrected chi connectivity index (χ3v) is 3.66. The van der Waals surface area contributed by atoms with Crippen molar-refractivity contribution in [3.63, 3.8) is 0 Å². The molecule has 2 rings (SSSR count). The Labute approximate surface area is 105 Å². The molecule has 2 heterocycles. The topological polar surface area (TPSA) is 25.4 Å². The first-order valence-electron chi connectivity index (χ1n) is 5.60. The molecule has 1 saturated heterocycles. The summed E-state index contributed by atoms with van der Waals surface area (Å²) < 4.78 is 5.71. The number of halogens is 1. The second-order valence-corrected chi connectivity index (χ2v) is 4.89. The summed E-state index contributed by atoms with van der Waals surface area (Å²) in [5, 5.41) is 0.909. The van der Waals surface area contributed by atoms with Gasteiger partial charge in [0, 0.05) is 36.9 Å². The highest BCUT2D eigenvalue weighted by Gasteiger charge is 2.25. The van der Waals surface area contributed by atoms with Crippen LogP contribution in [0.5, 0.6) is 0 Å². The van der Waals surface area contributed by atoms with E-state index in [-0.39, 0.29) is 0 Å². The molecule has 0 bridgehead atoms. The third-order valence-electron chi connectivity index (χ3n) is 2.94. The summed E-state index contributed by atoms with van der Waals surface area (Å²) in [5.74, 6) is 0. The van der Waals surface area contributed by atoms with Gasteiger partial charge < -0.3 is 4.74 Å². The van der Waals surface area contributed by atoms with Gasteiger partial charge in [-0.2, -0.15) is 0 Å². The van der Waals surface area contributed by atoms with Crippen molar-refractivity contribution in [1.29, 1.82) is 0 Å². The van der Waals surface area contributed by atoms with Gasteiger partial charge in [0.05, 0.1) is 12.7 Å². The maximum Gasteiger partial charge on any atom is 0.0799 e. The largest absolute Gasteiger partial charge is 0.374 e. The van der Waals surface area contributed by atoms with Crippen molar-refractivity contribution in [2.75, 3.05) is 18.5 Å². The Morgan fingerprint density at radius 1 is 1.50 bits per heavy atom. The fraction of sp³-hybridized carbons (Fsp3) is 0.583. The Morgan fingerprint density at radius 3 is 2.94 bits per heavy atom. The standard InChI is InChI=1S/C12H17BrN2O/c1-10-9-16-12(6-13)8-15(10)7-11-2-4-14-5-3-11/h2-5,10,12H,6-9H2,1H3. The van der Waals surface area contributed by atoms with Crippen molar-refractivity contribution in [3.8, 4) is 0 Å². The van der Waals surface area contributed by atoms with Gasteiger partial charge >= 0.3 is 0 Å². The van der Waals surface area contributed by atoms with Crippen molar-refractivity contribution in [3.05, 3.63) is 30.1 Å². The number of hydrogen-bond donors (Lipinski definition) is 0. The van der Waals surface area contributed by atoms with Gasteiger partial charge in [-0.25, -0.2) is 0 Å². The molecule has 1 aliphatic rings. The van der Waals surface area contributed by atoms with E-state index >= 15 is 0 Å². The summed E-state index contributed by atoms with van der Waals surface area (Å²) in [6.45, 7) is 5.01. The molecule has 0 radical (unpaired) electrons. The second kappa shape index (κ2) is 5.75. The minimum Gasteiger partial charge on any atom is -0.374 e. The van der Waals surface area contributed by atoms with Crippen LogP contribution in [0.2, 0.25) is 0 Å². The van der Waals surface area contributed by atoms with Crippen molar-refractivity contribution in [2.24, 2.45) is 0 Å². The molecule has 0 amide bonds. The van der Waals surface area contributed by atoms with E-state index in [0.29, 0.717) is 12.1 Å². The number of alkyl halides is 1. The van der Waals surface area contributed by atoms with Crippen LogP contribution in [0, 0.1) is 0 Å². The first-order chi connectivity index (χ1) is 7.79. The zero-order valence-electron chi connectivity index (χ0n) is 9.47. The number of aromatic nitrogens is 1. The fourth-order valence-electron chi connectivity index (χ4n) is 1.91. The fourth-order valence-corrected chi connectivity index (χ4v) is 2.30. The molecule has 1 aliphatic heterocycles. The maximum absolute atomic E-state index is 5.71. The Bertz CT molecular complexity index is 320. The molecule has 3 nitrogen and oxygen atoms in total. The minimum atomic E-state index is 0.318. The molecule has 1 aromatic heterocycles. The summed E-state index contributed by atoms with van der Waals surface area (Å²) >= 11 is 3.48. The molecule has 2 atom stereocenters. The van der Waals surface area contributed by atoms with Crippen LogP contribution in [0.4, 0.5) is 0 Å². The SMILES string of the molecule is CC1COC(CBr)CN1Cc1ccncc1. The first kappa shape index (κ1) is 12.0. The minimum absolute atomic E-state index is 0.318. The average molecular weight is 285 g/mol. The molecule has 88 valence electrons. The van der Waals surface area contributed by atoms with Crippen LogP contribution >= 0.6 is 15.9 Å². The molecular weight excluding hydrogens is 268 g/mol. The van der Waals surface area contributed by atoms with Crippen molar-refractivity contribution < 1.29 is 4.74 Å². The van der Waals surface area contributed by atoms with Crippen LogP contribution in [0.15, 0.2) is 24.5 Å². The predicted octanol–water partition coefficient (Wildman–Crippen LogP) is 2.07. The van der Waals surface area contributed by atoms with E-state index in [9.17, 15) is 0 Å². The van der Waals surface area contributed by atoms with Crippen LogP contribution in [-0.4, -0.2) is 40.5 Å². The number of ether oxygens (including phenoxy) is 1. The van der Waals surface area contributed by atoms with Gasteiger partial charge in [0.2, 0.25) is 0 Å².